The van der Waals surface area contributed by atoms with Crippen LogP contribution in [0, 0.1) is 0 Å². The van der Waals surface area contributed by atoms with E-state index in [1.54, 1.807) is 6.26 Å². The zero-order valence-corrected chi connectivity index (χ0v) is 13.8. The van der Waals surface area contributed by atoms with E-state index < -0.39 is 10.8 Å². The Morgan fingerprint density at radius 2 is 1.90 bits per heavy atom. The van der Waals surface area contributed by atoms with Crippen LogP contribution in [0.1, 0.15) is 32.2 Å². The molecule has 0 bridgehead atoms. The molecule has 1 aromatic heterocycles. The highest BCUT2D eigenvalue weighted by Crippen LogP contribution is 2.23. The van der Waals surface area contributed by atoms with E-state index in [1.807, 2.05) is 24.3 Å². The van der Waals surface area contributed by atoms with E-state index in [4.69, 9.17) is 0 Å². The van der Waals surface area contributed by atoms with Crippen LogP contribution in [0.15, 0.2) is 29.2 Å². The number of nitrogens with zero attached hydrogens (tertiary/aromatic N) is 2. The van der Waals surface area contributed by atoms with Crippen molar-refractivity contribution in [3.8, 4) is 0 Å². The van der Waals surface area contributed by atoms with Crippen molar-refractivity contribution in [1.82, 2.24) is 9.36 Å². The first-order chi connectivity index (χ1) is 9.36. The minimum Gasteiger partial charge on any atom is -0.356 e. The van der Waals surface area contributed by atoms with Gasteiger partial charge in [0.2, 0.25) is 5.13 Å². The van der Waals surface area contributed by atoms with Gasteiger partial charge < -0.3 is 5.32 Å². The molecule has 6 heteroatoms. The lowest BCUT2D eigenvalue weighted by Gasteiger charge is -2.12. The van der Waals surface area contributed by atoms with Crippen molar-refractivity contribution in [2.45, 2.75) is 37.6 Å². The molecule has 0 aliphatic rings. The summed E-state index contributed by atoms with van der Waals surface area (Å²) < 4.78 is 15.7. The van der Waals surface area contributed by atoms with E-state index in [9.17, 15) is 4.21 Å². The van der Waals surface area contributed by atoms with Crippen molar-refractivity contribution in [3.05, 3.63) is 35.7 Å². The molecule has 0 fully saturated rings. The summed E-state index contributed by atoms with van der Waals surface area (Å²) in [4.78, 5) is 5.34. The molecule has 1 unspecified atom stereocenters. The van der Waals surface area contributed by atoms with Gasteiger partial charge in [-0.05, 0) is 17.7 Å². The Hall–Kier alpha value is -1.27. The summed E-state index contributed by atoms with van der Waals surface area (Å²) in [6, 6.07) is 7.76. The lowest BCUT2D eigenvalue weighted by molar-refractivity contribution is 0.555. The molecule has 1 heterocycles. The van der Waals surface area contributed by atoms with Gasteiger partial charge in [0.15, 0.2) is 0 Å². The summed E-state index contributed by atoms with van der Waals surface area (Å²) >= 11 is 1.38. The van der Waals surface area contributed by atoms with E-state index >= 15 is 0 Å². The highest BCUT2D eigenvalue weighted by atomic mass is 32.2. The van der Waals surface area contributed by atoms with Crippen molar-refractivity contribution in [1.29, 1.82) is 0 Å². The Balaban J connectivity index is 1.98. The Bertz CT molecular complexity index is 600. The SMILES string of the molecule is CS(=O)c1ccc(CNc2nc(C(C)(C)C)ns2)cc1. The molecule has 0 radical (unpaired) electrons. The van der Waals surface area contributed by atoms with Crippen molar-refractivity contribution in [3.63, 3.8) is 0 Å². The number of hydrogen-bond donors (Lipinski definition) is 1. The maximum Gasteiger partial charge on any atom is 0.202 e. The van der Waals surface area contributed by atoms with E-state index in [-0.39, 0.29) is 5.41 Å². The van der Waals surface area contributed by atoms with Gasteiger partial charge in [-0.3, -0.25) is 4.21 Å². The first kappa shape index (κ1) is 15.1. The topological polar surface area (TPSA) is 54.9 Å². The summed E-state index contributed by atoms with van der Waals surface area (Å²) in [5.41, 5.74) is 1.11. The minimum absolute atomic E-state index is 0.0245. The van der Waals surface area contributed by atoms with Gasteiger partial charge >= 0.3 is 0 Å². The van der Waals surface area contributed by atoms with Crippen LogP contribution in [0.4, 0.5) is 5.13 Å². The third-order valence-electron chi connectivity index (χ3n) is 2.80. The number of anilines is 1. The zero-order chi connectivity index (χ0) is 14.8. The van der Waals surface area contributed by atoms with Crippen LogP contribution in [0.5, 0.6) is 0 Å². The number of rotatable bonds is 4. The van der Waals surface area contributed by atoms with Gasteiger partial charge in [-0.2, -0.15) is 4.37 Å². The monoisotopic (exact) mass is 309 g/mol. The quantitative estimate of drug-likeness (QED) is 0.942. The minimum atomic E-state index is -0.925. The second-order valence-electron chi connectivity index (χ2n) is 5.62. The lowest BCUT2D eigenvalue weighted by Crippen LogP contribution is -2.13. The van der Waals surface area contributed by atoms with Crippen LogP contribution in [-0.4, -0.2) is 19.8 Å². The van der Waals surface area contributed by atoms with Crippen LogP contribution in [0.2, 0.25) is 0 Å². The van der Waals surface area contributed by atoms with E-state index in [0.717, 1.165) is 21.4 Å². The van der Waals surface area contributed by atoms with E-state index in [0.29, 0.717) is 6.54 Å². The van der Waals surface area contributed by atoms with Crippen LogP contribution in [0.25, 0.3) is 0 Å². The molecule has 1 atom stereocenters. The molecule has 4 nitrogen and oxygen atoms in total. The normalized spacial score (nSPS) is 13.2. The maximum absolute atomic E-state index is 11.3. The van der Waals surface area contributed by atoms with E-state index in [2.05, 4.69) is 35.4 Å². The first-order valence-corrected chi connectivity index (χ1v) is 8.70. The van der Waals surface area contributed by atoms with Gasteiger partial charge in [0.25, 0.3) is 0 Å². The maximum atomic E-state index is 11.3. The number of nitrogens with one attached hydrogen (secondary N) is 1. The molecule has 0 saturated carbocycles. The molecule has 2 rings (SSSR count). The molecule has 1 aromatic carbocycles. The molecule has 0 saturated heterocycles. The van der Waals surface area contributed by atoms with Crippen LogP contribution in [-0.2, 0) is 22.8 Å². The Morgan fingerprint density at radius 3 is 2.40 bits per heavy atom. The number of hydrogen-bond acceptors (Lipinski definition) is 5. The molecular formula is C14H19N3OS2. The molecule has 0 aliphatic heterocycles. The largest absolute Gasteiger partial charge is 0.356 e. The Morgan fingerprint density at radius 1 is 1.25 bits per heavy atom. The fourth-order valence-corrected chi connectivity index (χ4v) is 2.85. The van der Waals surface area contributed by atoms with Gasteiger partial charge in [-0.25, -0.2) is 4.98 Å². The fraction of sp³-hybridized carbons (Fsp3) is 0.429. The molecule has 20 heavy (non-hydrogen) atoms. The van der Waals surface area contributed by atoms with Gasteiger partial charge in [-0.1, -0.05) is 32.9 Å². The van der Waals surface area contributed by atoms with Crippen molar-refractivity contribution in [2.75, 3.05) is 11.6 Å². The summed E-state index contributed by atoms with van der Waals surface area (Å²) in [6.45, 7) is 6.99. The van der Waals surface area contributed by atoms with Gasteiger partial charge in [0.1, 0.15) is 5.82 Å². The molecule has 0 spiro atoms. The standard InChI is InChI=1S/C14H19N3OS2/c1-14(2,3)12-16-13(19-17-12)15-9-10-5-7-11(8-6-10)20(4)18/h5-8H,9H2,1-4H3,(H,15,16,17). The van der Waals surface area contributed by atoms with Crippen molar-refractivity contribution >= 4 is 27.5 Å². The average molecular weight is 309 g/mol. The molecule has 108 valence electrons. The Kier molecular flexibility index (Phi) is 4.55. The second kappa shape index (κ2) is 6.01. The summed E-state index contributed by atoms with van der Waals surface area (Å²) in [6.07, 6.45) is 1.68. The molecule has 0 aliphatic carbocycles. The third kappa shape index (κ3) is 3.86. The second-order valence-corrected chi connectivity index (χ2v) is 7.76. The predicted octanol–water partition coefficient (Wildman–Crippen LogP) is 3.19. The third-order valence-corrected chi connectivity index (χ3v) is 4.40. The average Bonchev–Trinajstić information content (AvgIpc) is 2.85. The smallest absolute Gasteiger partial charge is 0.202 e. The highest BCUT2D eigenvalue weighted by Gasteiger charge is 2.19. The molecular weight excluding hydrogens is 290 g/mol. The molecule has 2 aromatic rings. The van der Waals surface area contributed by atoms with Gasteiger partial charge in [0.05, 0.1) is 0 Å². The van der Waals surface area contributed by atoms with Gasteiger partial charge in [0, 0.05) is 45.4 Å². The van der Waals surface area contributed by atoms with E-state index in [1.165, 1.54) is 11.5 Å². The molecule has 1 N–H and O–H groups in total. The van der Waals surface area contributed by atoms with Crippen LogP contribution in [0.3, 0.4) is 0 Å². The Labute approximate surface area is 126 Å². The summed E-state index contributed by atoms with van der Waals surface area (Å²) in [5.74, 6) is 0.863. The van der Waals surface area contributed by atoms with Crippen LogP contribution >= 0.6 is 11.5 Å². The zero-order valence-electron chi connectivity index (χ0n) is 12.1. The molecule has 0 amide bonds. The van der Waals surface area contributed by atoms with Gasteiger partial charge in [-0.15, -0.1) is 0 Å². The van der Waals surface area contributed by atoms with Crippen molar-refractivity contribution in [2.24, 2.45) is 0 Å². The van der Waals surface area contributed by atoms with Crippen molar-refractivity contribution < 1.29 is 4.21 Å². The number of aromatic nitrogens is 2. The lowest BCUT2D eigenvalue weighted by atomic mass is 9.96. The van der Waals surface area contributed by atoms with Crippen LogP contribution < -0.4 is 5.32 Å². The summed E-state index contributed by atoms with van der Waals surface area (Å²) in [5, 5.41) is 4.10. The fourth-order valence-electron chi connectivity index (χ4n) is 1.58. The predicted molar refractivity (Wildman–Crippen MR) is 84.7 cm³/mol. The highest BCUT2D eigenvalue weighted by molar-refractivity contribution is 7.84. The summed E-state index contributed by atoms with van der Waals surface area (Å²) in [7, 11) is -0.925. The number of benzene rings is 1. The first-order valence-electron chi connectivity index (χ1n) is 6.37.